The Bertz CT molecular complexity index is 326. The first-order valence-electron chi connectivity index (χ1n) is 5.95. The number of fused-ring (bicyclic) bond motifs is 1. The molecule has 1 aromatic rings. The first kappa shape index (κ1) is 12.1. The molecule has 1 N–H and O–H groups in total. The van der Waals surface area contributed by atoms with Crippen LogP contribution in [0.2, 0.25) is 0 Å². The van der Waals surface area contributed by atoms with Crippen LogP contribution in [0.15, 0.2) is 18.2 Å². The molecule has 0 aromatic heterocycles. The van der Waals surface area contributed by atoms with E-state index in [-0.39, 0.29) is 5.54 Å². The smallest absolute Gasteiger partial charge is 0.0379 e. The van der Waals surface area contributed by atoms with Gasteiger partial charge in [-0.3, -0.25) is 0 Å². The molecule has 0 aliphatic carbocycles. The average molecular weight is 205 g/mol. The number of hydrogen-bond donors (Lipinski definition) is 1. The van der Waals surface area contributed by atoms with Gasteiger partial charge in [0.2, 0.25) is 0 Å². The molecule has 0 fully saturated rings. The molecular weight excluding hydrogens is 182 g/mol. The highest BCUT2D eigenvalue weighted by atomic mass is 15.0. The molecule has 1 aliphatic heterocycles. The summed E-state index contributed by atoms with van der Waals surface area (Å²) in [6.07, 6.45) is 2.43. The number of hydrogen-bond acceptors (Lipinski definition) is 1. The molecule has 15 heavy (non-hydrogen) atoms. The molecule has 0 radical (unpaired) electrons. The summed E-state index contributed by atoms with van der Waals surface area (Å²) in [4.78, 5) is 0. The lowest BCUT2D eigenvalue weighted by molar-refractivity contribution is 0.502. The maximum atomic E-state index is 3.58. The van der Waals surface area contributed by atoms with Crippen LogP contribution >= 0.6 is 0 Å². The molecule has 1 heteroatoms. The summed E-state index contributed by atoms with van der Waals surface area (Å²) in [7, 11) is 0. The minimum absolute atomic E-state index is 0.265. The van der Waals surface area contributed by atoms with E-state index in [2.05, 4.69) is 44.3 Å². The normalized spacial score (nSPS) is 16.9. The van der Waals surface area contributed by atoms with E-state index in [1.807, 2.05) is 13.8 Å². The molecule has 0 saturated carbocycles. The van der Waals surface area contributed by atoms with Crippen LogP contribution < -0.4 is 5.32 Å². The van der Waals surface area contributed by atoms with Gasteiger partial charge in [0.1, 0.15) is 0 Å². The Hall–Kier alpha value is -0.980. The molecule has 0 saturated heterocycles. The molecule has 0 bridgehead atoms. The Labute approximate surface area is 93.9 Å². The van der Waals surface area contributed by atoms with Crippen molar-refractivity contribution in [3.05, 3.63) is 29.3 Å². The maximum absolute atomic E-state index is 3.58. The van der Waals surface area contributed by atoms with Crippen LogP contribution in [0.25, 0.3) is 0 Å². The minimum atomic E-state index is 0.265. The van der Waals surface area contributed by atoms with Crippen molar-refractivity contribution in [1.82, 2.24) is 0 Å². The van der Waals surface area contributed by atoms with Crippen molar-refractivity contribution in [2.45, 2.75) is 53.0 Å². The average Bonchev–Trinajstić information content (AvgIpc) is 2.19. The molecule has 1 aromatic carbocycles. The van der Waals surface area contributed by atoms with E-state index in [1.54, 1.807) is 0 Å². The topological polar surface area (TPSA) is 12.0 Å². The first-order valence-corrected chi connectivity index (χ1v) is 5.95. The highest BCUT2D eigenvalue weighted by Crippen LogP contribution is 2.30. The number of anilines is 1. The summed E-state index contributed by atoms with van der Waals surface area (Å²) < 4.78 is 0. The van der Waals surface area contributed by atoms with Crippen molar-refractivity contribution in [2.75, 3.05) is 5.32 Å². The van der Waals surface area contributed by atoms with Crippen LogP contribution in [-0.2, 0) is 6.42 Å². The van der Waals surface area contributed by atoms with Gasteiger partial charge in [-0.25, -0.2) is 0 Å². The van der Waals surface area contributed by atoms with Gasteiger partial charge in [-0.15, -0.1) is 0 Å². The van der Waals surface area contributed by atoms with E-state index in [0.29, 0.717) is 0 Å². The summed E-state index contributed by atoms with van der Waals surface area (Å²) in [6, 6.07) is 6.68. The fourth-order valence-corrected chi connectivity index (χ4v) is 1.90. The maximum Gasteiger partial charge on any atom is 0.0379 e. The first-order chi connectivity index (χ1) is 7.07. The van der Waals surface area contributed by atoms with Crippen molar-refractivity contribution in [3.8, 4) is 0 Å². The number of nitrogens with one attached hydrogen (secondary N) is 1. The van der Waals surface area contributed by atoms with Gasteiger partial charge in [0.25, 0.3) is 0 Å². The van der Waals surface area contributed by atoms with E-state index in [0.717, 1.165) is 0 Å². The standard InChI is InChI=1S/C12H17N.C2H6/c1-9-4-5-10-6-7-12(2,3)13-11(10)8-9;1-2/h4-5,8,13H,6-7H2,1-3H3;1-2H3. The zero-order valence-corrected chi connectivity index (χ0v) is 10.6. The lowest BCUT2D eigenvalue weighted by Crippen LogP contribution is -2.35. The Morgan fingerprint density at radius 1 is 1.20 bits per heavy atom. The van der Waals surface area contributed by atoms with Gasteiger partial charge in [-0.2, -0.15) is 0 Å². The van der Waals surface area contributed by atoms with Gasteiger partial charge in [0.15, 0.2) is 0 Å². The van der Waals surface area contributed by atoms with Crippen LogP contribution in [0.4, 0.5) is 5.69 Å². The van der Waals surface area contributed by atoms with Gasteiger partial charge in [-0.05, 0) is 50.8 Å². The molecule has 84 valence electrons. The van der Waals surface area contributed by atoms with Crippen molar-refractivity contribution in [1.29, 1.82) is 0 Å². The predicted octanol–water partition coefficient (Wildman–Crippen LogP) is 4.16. The van der Waals surface area contributed by atoms with Crippen LogP contribution in [0.5, 0.6) is 0 Å². The number of benzene rings is 1. The van der Waals surface area contributed by atoms with E-state index in [4.69, 9.17) is 0 Å². The molecule has 0 unspecified atom stereocenters. The lowest BCUT2D eigenvalue weighted by atomic mass is 9.89. The highest BCUT2D eigenvalue weighted by molar-refractivity contribution is 5.56. The van der Waals surface area contributed by atoms with Gasteiger partial charge in [0, 0.05) is 11.2 Å². The van der Waals surface area contributed by atoms with Crippen LogP contribution in [0.1, 0.15) is 45.2 Å². The molecule has 1 aliphatic rings. The predicted molar refractivity (Wildman–Crippen MR) is 68.5 cm³/mol. The molecule has 2 rings (SSSR count). The van der Waals surface area contributed by atoms with E-state index >= 15 is 0 Å². The van der Waals surface area contributed by atoms with Gasteiger partial charge in [-0.1, -0.05) is 26.0 Å². The van der Waals surface area contributed by atoms with Crippen molar-refractivity contribution in [2.24, 2.45) is 0 Å². The Morgan fingerprint density at radius 3 is 2.53 bits per heavy atom. The van der Waals surface area contributed by atoms with Crippen LogP contribution in [-0.4, -0.2) is 5.54 Å². The second-order valence-corrected chi connectivity index (χ2v) is 4.67. The SMILES string of the molecule is CC.Cc1ccc2c(c1)NC(C)(C)CC2. The summed E-state index contributed by atoms with van der Waals surface area (Å²) >= 11 is 0. The van der Waals surface area contributed by atoms with E-state index in [1.165, 1.54) is 29.7 Å². The summed E-state index contributed by atoms with van der Waals surface area (Å²) in [5.74, 6) is 0. The van der Waals surface area contributed by atoms with Gasteiger partial charge in [0.05, 0.1) is 0 Å². The van der Waals surface area contributed by atoms with Gasteiger partial charge >= 0.3 is 0 Å². The monoisotopic (exact) mass is 205 g/mol. The number of aryl methyl sites for hydroxylation is 2. The minimum Gasteiger partial charge on any atom is -0.380 e. The summed E-state index contributed by atoms with van der Waals surface area (Å²) in [5.41, 5.74) is 4.39. The van der Waals surface area contributed by atoms with Crippen molar-refractivity contribution >= 4 is 5.69 Å². The quantitative estimate of drug-likeness (QED) is 0.670. The molecule has 0 amide bonds. The van der Waals surface area contributed by atoms with Crippen molar-refractivity contribution in [3.63, 3.8) is 0 Å². The molecule has 0 spiro atoms. The third kappa shape index (κ3) is 2.98. The fraction of sp³-hybridized carbons (Fsp3) is 0.571. The summed E-state index contributed by atoms with van der Waals surface area (Å²) in [5, 5.41) is 3.58. The Kier molecular flexibility index (Phi) is 3.78. The molecule has 1 nitrogen and oxygen atoms in total. The van der Waals surface area contributed by atoms with E-state index in [9.17, 15) is 0 Å². The largest absolute Gasteiger partial charge is 0.380 e. The third-order valence-electron chi connectivity index (χ3n) is 2.76. The van der Waals surface area contributed by atoms with Crippen LogP contribution in [0, 0.1) is 6.92 Å². The Morgan fingerprint density at radius 2 is 1.87 bits per heavy atom. The van der Waals surface area contributed by atoms with Crippen LogP contribution in [0.3, 0.4) is 0 Å². The molecule has 0 atom stereocenters. The fourth-order valence-electron chi connectivity index (χ4n) is 1.90. The molecule has 1 heterocycles. The second-order valence-electron chi connectivity index (χ2n) is 4.67. The zero-order valence-electron chi connectivity index (χ0n) is 10.6. The number of rotatable bonds is 0. The zero-order chi connectivity index (χ0) is 11.5. The van der Waals surface area contributed by atoms with Gasteiger partial charge < -0.3 is 5.32 Å². The molecular formula is C14H23N. The lowest BCUT2D eigenvalue weighted by Gasteiger charge is -2.33. The third-order valence-corrected chi connectivity index (χ3v) is 2.76. The second kappa shape index (κ2) is 4.69. The summed E-state index contributed by atoms with van der Waals surface area (Å²) in [6.45, 7) is 10.7. The highest BCUT2D eigenvalue weighted by Gasteiger charge is 2.23. The Balaban J connectivity index is 0.000000531. The van der Waals surface area contributed by atoms with E-state index < -0.39 is 0 Å². The van der Waals surface area contributed by atoms with Crippen molar-refractivity contribution < 1.29 is 0 Å².